The highest BCUT2D eigenvalue weighted by Crippen LogP contribution is 2.49. The molecule has 0 N–H and O–H groups in total. The fourth-order valence-corrected chi connectivity index (χ4v) is 4.44. The third kappa shape index (κ3) is 3.25. The molecular weight excluding hydrogens is 338 g/mol. The van der Waals surface area contributed by atoms with Crippen molar-refractivity contribution in [1.82, 2.24) is 9.80 Å². The van der Waals surface area contributed by atoms with Gasteiger partial charge in [0.15, 0.2) is 0 Å². The van der Waals surface area contributed by atoms with Crippen LogP contribution < -0.4 is 0 Å². The molecule has 2 heterocycles. The zero-order chi connectivity index (χ0) is 18.4. The van der Waals surface area contributed by atoms with Crippen molar-refractivity contribution in [2.24, 2.45) is 0 Å². The van der Waals surface area contributed by atoms with Gasteiger partial charge in [-0.3, -0.25) is 4.79 Å². The number of benzene rings is 1. The van der Waals surface area contributed by atoms with Crippen molar-refractivity contribution in [2.45, 2.75) is 50.2 Å². The minimum absolute atomic E-state index is 0.303. The van der Waals surface area contributed by atoms with Gasteiger partial charge in [0.05, 0.1) is 24.3 Å². The number of rotatable bonds is 3. The third-order valence-electron chi connectivity index (χ3n) is 5.97. The number of likely N-dealkylation sites (tertiary alicyclic amines) is 1. The van der Waals surface area contributed by atoms with Crippen LogP contribution in [0.2, 0.25) is 0 Å². The maximum atomic E-state index is 14.1. The molecule has 4 nitrogen and oxygen atoms in total. The van der Waals surface area contributed by atoms with E-state index in [0.29, 0.717) is 13.1 Å². The highest BCUT2D eigenvalue weighted by molar-refractivity contribution is 5.95. The summed E-state index contributed by atoms with van der Waals surface area (Å²) in [6.07, 6.45) is 4.67. The monoisotopic (exact) mass is 364 g/mol. The summed E-state index contributed by atoms with van der Waals surface area (Å²) in [7, 11) is 0. The van der Waals surface area contributed by atoms with Gasteiger partial charge in [-0.05, 0) is 50.8 Å². The van der Waals surface area contributed by atoms with Crippen LogP contribution in [0.25, 0.3) is 0 Å². The Hall–Kier alpha value is -1.53. The lowest BCUT2D eigenvalue weighted by Gasteiger charge is -2.50. The molecule has 4 rings (SSSR count). The zero-order valence-corrected chi connectivity index (χ0v) is 15.3. The summed E-state index contributed by atoms with van der Waals surface area (Å²) < 4.78 is 34.7. The Balaban J connectivity index is 1.55. The second-order valence-electron chi connectivity index (χ2n) is 8.07. The van der Waals surface area contributed by atoms with Crippen LogP contribution in [-0.2, 0) is 4.74 Å². The molecule has 1 aromatic carbocycles. The van der Waals surface area contributed by atoms with Crippen LogP contribution >= 0.6 is 0 Å². The van der Waals surface area contributed by atoms with Crippen LogP contribution in [0.3, 0.4) is 0 Å². The summed E-state index contributed by atoms with van der Waals surface area (Å²) in [5.41, 5.74) is -1.12. The highest BCUT2D eigenvalue weighted by atomic mass is 19.1. The second-order valence-corrected chi connectivity index (χ2v) is 8.07. The van der Waals surface area contributed by atoms with Crippen LogP contribution in [-0.4, -0.2) is 59.6 Å². The third-order valence-corrected chi connectivity index (χ3v) is 5.97. The molecule has 1 saturated carbocycles. The summed E-state index contributed by atoms with van der Waals surface area (Å²) >= 11 is 0. The van der Waals surface area contributed by atoms with E-state index in [9.17, 15) is 13.6 Å². The number of hydrogen-bond acceptors (Lipinski definition) is 3. The number of morpholine rings is 1. The number of carbonyl (C=O) groups is 1. The van der Waals surface area contributed by atoms with Gasteiger partial charge in [0.1, 0.15) is 17.2 Å². The molecule has 1 aromatic rings. The fraction of sp³-hybridized carbons (Fsp3) is 0.650. The summed E-state index contributed by atoms with van der Waals surface area (Å²) in [5.74, 6) is -2.14. The van der Waals surface area contributed by atoms with Crippen LogP contribution in [0.5, 0.6) is 0 Å². The first-order valence-corrected chi connectivity index (χ1v) is 9.62. The second kappa shape index (κ2) is 6.57. The van der Waals surface area contributed by atoms with Gasteiger partial charge in [-0.25, -0.2) is 8.78 Å². The Morgan fingerprint density at radius 3 is 2.19 bits per heavy atom. The van der Waals surface area contributed by atoms with E-state index in [1.54, 1.807) is 4.90 Å². The van der Waals surface area contributed by atoms with Crippen molar-refractivity contribution in [2.75, 3.05) is 32.7 Å². The molecule has 0 unspecified atom stereocenters. The van der Waals surface area contributed by atoms with E-state index in [2.05, 4.69) is 11.8 Å². The van der Waals surface area contributed by atoms with Crippen molar-refractivity contribution in [3.05, 3.63) is 35.4 Å². The largest absolute Gasteiger partial charge is 0.365 e. The number of hydrogen-bond donors (Lipinski definition) is 0. The van der Waals surface area contributed by atoms with E-state index in [4.69, 9.17) is 4.74 Å². The van der Waals surface area contributed by atoms with Crippen LogP contribution in [0.15, 0.2) is 18.2 Å². The first kappa shape index (κ1) is 17.9. The number of halogens is 2. The van der Waals surface area contributed by atoms with E-state index in [-0.39, 0.29) is 11.2 Å². The first-order valence-electron chi connectivity index (χ1n) is 9.62. The van der Waals surface area contributed by atoms with Gasteiger partial charge in [0.25, 0.3) is 5.91 Å². The van der Waals surface area contributed by atoms with Crippen LogP contribution in [0.4, 0.5) is 8.78 Å². The van der Waals surface area contributed by atoms with Crippen molar-refractivity contribution in [3.63, 3.8) is 0 Å². The van der Waals surface area contributed by atoms with E-state index in [1.807, 2.05) is 0 Å². The van der Waals surface area contributed by atoms with Gasteiger partial charge in [0, 0.05) is 13.1 Å². The van der Waals surface area contributed by atoms with Crippen molar-refractivity contribution in [1.29, 1.82) is 0 Å². The molecule has 0 aromatic heterocycles. The molecule has 0 radical (unpaired) electrons. The molecule has 26 heavy (non-hydrogen) atoms. The molecule has 0 bridgehead atoms. The molecule has 2 aliphatic heterocycles. The molecule has 2 spiro atoms. The summed E-state index contributed by atoms with van der Waals surface area (Å²) in [4.78, 5) is 17.0. The number of carbonyl (C=O) groups excluding carboxylic acids is 1. The van der Waals surface area contributed by atoms with Crippen molar-refractivity contribution >= 4 is 5.91 Å². The van der Waals surface area contributed by atoms with Crippen LogP contribution in [0, 0.1) is 11.6 Å². The molecule has 6 heteroatoms. The van der Waals surface area contributed by atoms with Gasteiger partial charge >= 0.3 is 0 Å². The minimum Gasteiger partial charge on any atom is -0.365 e. The van der Waals surface area contributed by atoms with E-state index in [0.717, 1.165) is 63.9 Å². The Bertz CT molecular complexity index is 677. The summed E-state index contributed by atoms with van der Waals surface area (Å²) in [6, 6.07) is 3.57. The van der Waals surface area contributed by atoms with Crippen molar-refractivity contribution < 1.29 is 18.3 Å². The minimum atomic E-state index is -0.793. The lowest BCUT2D eigenvalue weighted by Crippen LogP contribution is -2.61. The van der Waals surface area contributed by atoms with E-state index >= 15 is 0 Å². The average Bonchev–Trinajstić information content (AvgIpc) is 3.34. The smallest absolute Gasteiger partial charge is 0.260 e. The standard InChI is InChI=1S/C20H26F2N2O2/c1-2-10-23-11-8-20(9-12-23)14-24(13-19(26-20)6-7-19)18(25)17-15(21)4-3-5-16(17)22/h3-5H,2,6-14H2,1H3. The Morgan fingerprint density at radius 2 is 1.65 bits per heavy atom. The van der Waals surface area contributed by atoms with Crippen molar-refractivity contribution in [3.8, 4) is 0 Å². The fourth-order valence-electron chi connectivity index (χ4n) is 4.44. The first-order chi connectivity index (χ1) is 12.5. The Morgan fingerprint density at radius 1 is 1.08 bits per heavy atom. The number of amides is 1. The molecular formula is C20H26F2N2O2. The normalized spacial score (nSPS) is 24.2. The predicted octanol–water partition coefficient (Wildman–Crippen LogP) is 3.21. The topological polar surface area (TPSA) is 32.8 Å². The van der Waals surface area contributed by atoms with Gasteiger partial charge in [0.2, 0.25) is 0 Å². The maximum Gasteiger partial charge on any atom is 0.260 e. The average molecular weight is 364 g/mol. The van der Waals surface area contributed by atoms with Gasteiger partial charge in [-0.1, -0.05) is 13.0 Å². The molecule has 142 valence electrons. The number of piperidine rings is 1. The molecule has 0 atom stereocenters. The van der Waals surface area contributed by atoms with Crippen LogP contribution in [0.1, 0.15) is 49.4 Å². The number of ether oxygens (including phenoxy) is 1. The summed E-state index contributed by atoms with van der Waals surface area (Å²) in [6.45, 7) is 5.98. The van der Waals surface area contributed by atoms with Gasteiger partial charge < -0.3 is 14.5 Å². The predicted molar refractivity (Wildman–Crippen MR) is 94.0 cm³/mol. The molecule has 3 fully saturated rings. The van der Waals surface area contributed by atoms with Gasteiger partial charge in [-0.2, -0.15) is 0 Å². The quantitative estimate of drug-likeness (QED) is 0.826. The molecule has 3 aliphatic rings. The zero-order valence-electron chi connectivity index (χ0n) is 15.3. The van der Waals surface area contributed by atoms with E-state index in [1.165, 1.54) is 6.07 Å². The lowest BCUT2D eigenvalue weighted by atomic mass is 9.87. The van der Waals surface area contributed by atoms with E-state index < -0.39 is 23.1 Å². The molecule has 1 aliphatic carbocycles. The van der Waals surface area contributed by atoms with Gasteiger partial charge in [-0.15, -0.1) is 0 Å². The Labute approximate surface area is 153 Å². The molecule has 1 amide bonds. The maximum absolute atomic E-state index is 14.1. The SMILES string of the molecule is CCCN1CCC2(CC1)CN(C(=O)c1c(F)cccc1F)CC1(CC1)O2. The lowest BCUT2D eigenvalue weighted by molar-refractivity contribution is -0.179. The summed E-state index contributed by atoms with van der Waals surface area (Å²) in [5, 5.41) is 0. The number of nitrogens with zero attached hydrogens (tertiary/aromatic N) is 2. The Kier molecular flexibility index (Phi) is 4.51. The highest BCUT2D eigenvalue weighted by Gasteiger charge is 2.56. The molecule has 2 saturated heterocycles.